The molecule has 1 aliphatic rings. The molecule has 0 aliphatic carbocycles. The Kier molecular flexibility index (Phi) is 3.99. The first-order valence-electron chi connectivity index (χ1n) is 6.30. The summed E-state index contributed by atoms with van der Waals surface area (Å²) in [6.07, 6.45) is 2.42. The molecular weight excluding hydrogens is 248 g/mol. The highest BCUT2D eigenvalue weighted by Crippen LogP contribution is 2.21. The first-order chi connectivity index (χ1) is 9.08. The van der Waals surface area contributed by atoms with E-state index in [0.717, 1.165) is 12.8 Å². The summed E-state index contributed by atoms with van der Waals surface area (Å²) in [6, 6.07) is 4.10. The fourth-order valence-corrected chi connectivity index (χ4v) is 2.41. The zero-order valence-corrected chi connectivity index (χ0v) is 10.5. The normalized spacial score (nSPS) is 19.2. The van der Waals surface area contributed by atoms with Crippen molar-refractivity contribution >= 4 is 11.9 Å². The number of pyridine rings is 1. The van der Waals surface area contributed by atoms with Crippen molar-refractivity contribution in [3.05, 3.63) is 34.2 Å². The molecule has 0 spiro atoms. The number of hydrogen-bond acceptors (Lipinski definition) is 3. The Hall–Kier alpha value is -2.11. The molecule has 6 heteroatoms. The predicted octanol–water partition coefficient (Wildman–Crippen LogP) is 0.844. The zero-order valence-electron chi connectivity index (χ0n) is 10.5. The number of aromatic nitrogens is 1. The van der Waals surface area contributed by atoms with E-state index in [1.54, 1.807) is 4.90 Å². The minimum absolute atomic E-state index is 0.0528. The lowest BCUT2D eigenvalue weighted by Gasteiger charge is -2.34. The summed E-state index contributed by atoms with van der Waals surface area (Å²) >= 11 is 0. The minimum Gasteiger partial charge on any atom is -0.481 e. The van der Waals surface area contributed by atoms with E-state index in [4.69, 9.17) is 5.11 Å². The number of piperidine rings is 1. The number of nitrogens with zero attached hydrogens (tertiary/aromatic N) is 1. The molecule has 1 unspecified atom stereocenters. The highest BCUT2D eigenvalue weighted by atomic mass is 16.4. The van der Waals surface area contributed by atoms with Crippen LogP contribution in [0.3, 0.4) is 0 Å². The van der Waals surface area contributed by atoms with E-state index in [1.165, 1.54) is 18.2 Å². The molecule has 0 aromatic carbocycles. The van der Waals surface area contributed by atoms with Gasteiger partial charge in [0, 0.05) is 18.7 Å². The van der Waals surface area contributed by atoms with Crippen LogP contribution in [0.15, 0.2) is 23.0 Å². The van der Waals surface area contributed by atoms with Crippen molar-refractivity contribution in [1.29, 1.82) is 0 Å². The number of likely N-dealkylation sites (tertiary alicyclic amines) is 1. The van der Waals surface area contributed by atoms with Crippen LogP contribution in [0.2, 0.25) is 0 Å². The van der Waals surface area contributed by atoms with E-state index in [-0.39, 0.29) is 29.6 Å². The SMILES string of the molecule is O=C(O)CC1CCCCN1C(=O)c1cccc(=O)[nH]1. The van der Waals surface area contributed by atoms with Crippen LogP contribution >= 0.6 is 0 Å². The lowest BCUT2D eigenvalue weighted by Crippen LogP contribution is -2.45. The summed E-state index contributed by atoms with van der Waals surface area (Å²) in [5.41, 5.74) is -0.123. The van der Waals surface area contributed by atoms with Crippen LogP contribution in [-0.4, -0.2) is 39.5 Å². The molecule has 2 heterocycles. The second-order valence-electron chi connectivity index (χ2n) is 4.67. The van der Waals surface area contributed by atoms with Gasteiger partial charge in [-0.25, -0.2) is 0 Å². The number of carboxylic acids is 1. The molecule has 102 valence electrons. The van der Waals surface area contributed by atoms with Crippen molar-refractivity contribution in [2.45, 2.75) is 31.7 Å². The lowest BCUT2D eigenvalue weighted by atomic mass is 9.99. The van der Waals surface area contributed by atoms with Crippen LogP contribution < -0.4 is 5.56 Å². The van der Waals surface area contributed by atoms with Crippen molar-refractivity contribution < 1.29 is 14.7 Å². The van der Waals surface area contributed by atoms with Crippen LogP contribution in [-0.2, 0) is 4.79 Å². The Balaban J connectivity index is 2.19. The molecule has 2 N–H and O–H groups in total. The van der Waals surface area contributed by atoms with Crippen LogP contribution in [0.25, 0.3) is 0 Å². The number of aromatic amines is 1. The average Bonchev–Trinajstić information content (AvgIpc) is 2.38. The van der Waals surface area contributed by atoms with Crippen LogP contribution in [0, 0.1) is 0 Å². The fourth-order valence-electron chi connectivity index (χ4n) is 2.41. The van der Waals surface area contributed by atoms with Crippen molar-refractivity contribution in [2.24, 2.45) is 0 Å². The number of carboxylic acid groups (broad SMARTS) is 1. The second kappa shape index (κ2) is 5.69. The van der Waals surface area contributed by atoms with Gasteiger partial charge in [-0.2, -0.15) is 0 Å². The fraction of sp³-hybridized carbons (Fsp3) is 0.462. The lowest BCUT2D eigenvalue weighted by molar-refractivity contribution is -0.138. The molecule has 19 heavy (non-hydrogen) atoms. The summed E-state index contributed by atoms with van der Waals surface area (Å²) in [6.45, 7) is 0.535. The average molecular weight is 264 g/mol. The number of rotatable bonds is 3. The van der Waals surface area contributed by atoms with E-state index in [0.29, 0.717) is 13.0 Å². The second-order valence-corrected chi connectivity index (χ2v) is 4.67. The van der Waals surface area contributed by atoms with Gasteiger partial charge >= 0.3 is 5.97 Å². The maximum absolute atomic E-state index is 12.3. The molecule has 0 bridgehead atoms. The highest BCUT2D eigenvalue weighted by Gasteiger charge is 2.29. The van der Waals surface area contributed by atoms with Crippen LogP contribution in [0.4, 0.5) is 0 Å². The van der Waals surface area contributed by atoms with Gasteiger partial charge < -0.3 is 15.0 Å². The first kappa shape index (κ1) is 13.3. The largest absolute Gasteiger partial charge is 0.481 e. The molecule has 1 amide bonds. The molecule has 1 aromatic heterocycles. The number of carbonyl (C=O) groups is 2. The maximum Gasteiger partial charge on any atom is 0.305 e. The molecule has 1 aliphatic heterocycles. The monoisotopic (exact) mass is 264 g/mol. The van der Waals surface area contributed by atoms with Gasteiger partial charge in [0.05, 0.1) is 6.42 Å². The standard InChI is InChI=1S/C13H16N2O4/c16-11-6-3-5-10(14-11)13(19)15-7-2-1-4-9(15)8-12(17)18/h3,5-6,9H,1-2,4,7-8H2,(H,14,16)(H,17,18). The zero-order chi connectivity index (χ0) is 13.8. The molecule has 1 aromatic rings. The molecule has 6 nitrogen and oxygen atoms in total. The van der Waals surface area contributed by atoms with E-state index in [9.17, 15) is 14.4 Å². The molecule has 1 fully saturated rings. The highest BCUT2D eigenvalue weighted by molar-refractivity contribution is 5.92. The molecule has 2 rings (SSSR count). The Bertz CT molecular complexity index is 537. The third kappa shape index (κ3) is 3.21. The summed E-state index contributed by atoms with van der Waals surface area (Å²) in [5.74, 6) is -1.21. The summed E-state index contributed by atoms with van der Waals surface area (Å²) in [5, 5.41) is 8.88. The van der Waals surface area contributed by atoms with Gasteiger partial charge in [-0.1, -0.05) is 6.07 Å². The topological polar surface area (TPSA) is 90.5 Å². The van der Waals surface area contributed by atoms with Crippen LogP contribution in [0.1, 0.15) is 36.2 Å². The third-order valence-corrected chi connectivity index (χ3v) is 3.30. The Morgan fingerprint density at radius 1 is 1.37 bits per heavy atom. The van der Waals surface area contributed by atoms with Crippen molar-refractivity contribution in [2.75, 3.05) is 6.54 Å². The number of hydrogen-bond donors (Lipinski definition) is 2. The Morgan fingerprint density at radius 3 is 2.84 bits per heavy atom. The molecular formula is C13H16N2O4. The first-order valence-corrected chi connectivity index (χ1v) is 6.30. The van der Waals surface area contributed by atoms with Gasteiger partial charge in [0.15, 0.2) is 0 Å². The smallest absolute Gasteiger partial charge is 0.305 e. The predicted molar refractivity (Wildman–Crippen MR) is 68.0 cm³/mol. The maximum atomic E-state index is 12.3. The van der Waals surface area contributed by atoms with E-state index in [2.05, 4.69) is 4.98 Å². The van der Waals surface area contributed by atoms with Crippen LogP contribution in [0.5, 0.6) is 0 Å². The van der Waals surface area contributed by atoms with E-state index in [1.807, 2.05) is 0 Å². The van der Waals surface area contributed by atoms with Crippen molar-refractivity contribution in [3.8, 4) is 0 Å². The minimum atomic E-state index is -0.911. The third-order valence-electron chi connectivity index (χ3n) is 3.30. The van der Waals surface area contributed by atoms with Crippen molar-refractivity contribution in [1.82, 2.24) is 9.88 Å². The number of H-pyrrole nitrogens is 1. The number of carbonyl (C=O) groups excluding carboxylic acids is 1. The molecule has 1 atom stereocenters. The number of nitrogens with one attached hydrogen (secondary N) is 1. The van der Waals surface area contributed by atoms with E-state index >= 15 is 0 Å². The van der Waals surface area contributed by atoms with E-state index < -0.39 is 5.97 Å². The van der Waals surface area contributed by atoms with Crippen molar-refractivity contribution in [3.63, 3.8) is 0 Å². The quantitative estimate of drug-likeness (QED) is 0.846. The van der Waals surface area contributed by atoms with Gasteiger partial charge in [-0.15, -0.1) is 0 Å². The summed E-state index contributed by atoms with van der Waals surface area (Å²) in [7, 11) is 0. The van der Waals surface area contributed by atoms with Gasteiger partial charge in [-0.05, 0) is 25.3 Å². The number of aliphatic carboxylic acids is 1. The van der Waals surface area contributed by atoms with Gasteiger partial charge in [0.25, 0.3) is 5.91 Å². The van der Waals surface area contributed by atoms with Gasteiger partial charge in [0.1, 0.15) is 5.69 Å². The Labute approximate surface area is 110 Å². The Morgan fingerprint density at radius 2 is 2.16 bits per heavy atom. The summed E-state index contributed by atoms with van der Waals surface area (Å²) in [4.78, 5) is 38.4. The molecule has 0 radical (unpaired) electrons. The molecule has 1 saturated heterocycles. The van der Waals surface area contributed by atoms with Gasteiger partial charge in [-0.3, -0.25) is 14.4 Å². The van der Waals surface area contributed by atoms with Gasteiger partial charge in [0.2, 0.25) is 5.56 Å². The molecule has 0 saturated carbocycles. The number of amides is 1. The summed E-state index contributed by atoms with van der Waals surface area (Å²) < 4.78 is 0.